The molecule has 6 nitrogen and oxygen atoms in total. The quantitative estimate of drug-likeness (QED) is 0.897. The fraction of sp³-hybridized carbons (Fsp3) is 0.333. The monoisotopic (exact) mass is 345 g/mol. The molecule has 1 aliphatic rings. The number of hydrogen-bond acceptors (Lipinski definition) is 5. The largest absolute Gasteiger partial charge is 0.494 e. The van der Waals surface area contributed by atoms with Gasteiger partial charge >= 0.3 is 5.97 Å². The standard InChI is InChI=1S/C18H20FN3O3/c1-25-17-9-15(2-3-16(17)19)22-6-4-21(5-7-22)12-13-8-14(18(23)24)11-20-10-13/h2-3,8-11H,4-7,12H2,1H3,(H,23,24). The van der Waals surface area contributed by atoms with Crippen molar-refractivity contribution in [2.24, 2.45) is 0 Å². The van der Waals surface area contributed by atoms with Crippen molar-refractivity contribution in [2.75, 3.05) is 38.2 Å². The Balaban J connectivity index is 1.60. The minimum absolute atomic E-state index is 0.203. The summed E-state index contributed by atoms with van der Waals surface area (Å²) in [7, 11) is 1.46. The second kappa shape index (κ2) is 7.48. The van der Waals surface area contributed by atoms with E-state index in [1.165, 1.54) is 19.4 Å². The van der Waals surface area contributed by atoms with Crippen LogP contribution in [0.5, 0.6) is 5.75 Å². The highest BCUT2D eigenvalue weighted by Gasteiger charge is 2.19. The number of halogens is 1. The molecule has 0 spiro atoms. The predicted molar refractivity (Wildman–Crippen MR) is 91.6 cm³/mol. The molecule has 1 saturated heterocycles. The number of anilines is 1. The Morgan fingerprint density at radius 1 is 1.24 bits per heavy atom. The van der Waals surface area contributed by atoms with Gasteiger partial charge in [-0.3, -0.25) is 9.88 Å². The van der Waals surface area contributed by atoms with Crippen LogP contribution in [0.3, 0.4) is 0 Å². The second-order valence-corrected chi connectivity index (χ2v) is 5.97. The molecule has 1 aliphatic heterocycles. The number of pyridine rings is 1. The van der Waals surface area contributed by atoms with Crippen LogP contribution in [-0.4, -0.2) is 54.2 Å². The van der Waals surface area contributed by atoms with E-state index in [1.807, 2.05) is 0 Å². The number of piperazine rings is 1. The van der Waals surface area contributed by atoms with Crippen LogP contribution in [0.4, 0.5) is 10.1 Å². The molecule has 132 valence electrons. The maximum absolute atomic E-state index is 13.5. The molecule has 1 aromatic carbocycles. The number of aromatic carboxylic acids is 1. The summed E-state index contributed by atoms with van der Waals surface area (Å²) in [6.07, 6.45) is 3.05. The Bertz CT molecular complexity index is 761. The summed E-state index contributed by atoms with van der Waals surface area (Å²) in [5.74, 6) is -1.09. The maximum atomic E-state index is 13.5. The van der Waals surface area contributed by atoms with E-state index in [2.05, 4.69) is 14.8 Å². The van der Waals surface area contributed by atoms with Crippen LogP contribution < -0.4 is 9.64 Å². The summed E-state index contributed by atoms with van der Waals surface area (Å²) in [5, 5.41) is 9.04. The number of hydrogen-bond donors (Lipinski definition) is 1. The Labute approximate surface area is 145 Å². The molecule has 2 aromatic rings. The smallest absolute Gasteiger partial charge is 0.337 e. The van der Waals surface area contributed by atoms with Crippen LogP contribution in [0, 0.1) is 5.82 Å². The first-order valence-corrected chi connectivity index (χ1v) is 8.05. The van der Waals surface area contributed by atoms with E-state index in [0.29, 0.717) is 6.54 Å². The van der Waals surface area contributed by atoms with E-state index >= 15 is 0 Å². The number of carboxylic acid groups (broad SMARTS) is 1. The maximum Gasteiger partial charge on any atom is 0.337 e. The Morgan fingerprint density at radius 2 is 2.00 bits per heavy atom. The molecule has 0 atom stereocenters. The van der Waals surface area contributed by atoms with Gasteiger partial charge in [-0.25, -0.2) is 9.18 Å². The molecular weight excluding hydrogens is 325 g/mol. The number of methoxy groups -OCH3 is 1. The van der Waals surface area contributed by atoms with Crippen LogP contribution in [0.1, 0.15) is 15.9 Å². The SMILES string of the molecule is COc1cc(N2CCN(Cc3cncc(C(=O)O)c3)CC2)ccc1F. The summed E-state index contributed by atoms with van der Waals surface area (Å²) < 4.78 is 18.6. The van der Waals surface area contributed by atoms with Gasteiger partial charge in [0.25, 0.3) is 0 Å². The third-order valence-electron chi connectivity index (χ3n) is 4.32. The van der Waals surface area contributed by atoms with Gasteiger partial charge in [0.1, 0.15) is 0 Å². The lowest BCUT2D eigenvalue weighted by molar-refractivity contribution is 0.0696. The molecule has 0 bridgehead atoms. The van der Waals surface area contributed by atoms with E-state index in [1.54, 1.807) is 24.4 Å². The van der Waals surface area contributed by atoms with Crippen molar-refractivity contribution in [3.8, 4) is 5.75 Å². The van der Waals surface area contributed by atoms with E-state index in [4.69, 9.17) is 9.84 Å². The third kappa shape index (κ3) is 4.06. The highest BCUT2D eigenvalue weighted by molar-refractivity contribution is 5.87. The lowest BCUT2D eigenvalue weighted by Gasteiger charge is -2.36. The van der Waals surface area contributed by atoms with Crippen molar-refractivity contribution in [1.82, 2.24) is 9.88 Å². The fourth-order valence-electron chi connectivity index (χ4n) is 2.96. The van der Waals surface area contributed by atoms with Crippen LogP contribution in [-0.2, 0) is 6.54 Å². The molecule has 0 radical (unpaired) electrons. The molecule has 1 aromatic heterocycles. The molecule has 0 amide bonds. The van der Waals surface area contributed by atoms with Crippen LogP contribution >= 0.6 is 0 Å². The Hall–Kier alpha value is -2.67. The molecule has 1 N–H and O–H groups in total. The van der Waals surface area contributed by atoms with Gasteiger partial charge in [0.2, 0.25) is 0 Å². The predicted octanol–water partition coefficient (Wildman–Crippen LogP) is 2.25. The molecule has 0 saturated carbocycles. The molecule has 1 fully saturated rings. The van der Waals surface area contributed by atoms with E-state index < -0.39 is 5.97 Å². The molecular formula is C18H20FN3O3. The van der Waals surface area contributed by atoms with Crippen molar-refractivity contribution in [3.63, 3.8) is 0 Å². The topological polar surface area (TPSA) is 65.9 Å². The molecule has 0 aliphatic carbocycles. The minimum Gasteiger partial charge on any atom is -0.494 e. The number of nitrogens with zero attached hydrogens (tertiary/aromatic N) is 3. The number of aromatic nitrogens is 1. The summed E-state index contributed by atoms with van der Waals surface area (Å²) in [6.45, 7) is 3.93. The van der Waals surface area contributed by atoms with Crippen molar-refractivity contribution in [3.05, 3.63) is 53.6 Å². The van der Waals surface area contributed by atoms with E-state index in [-0.39, 0.29) is 17.1 Å². The van der Waals surface area contributed by atoms with E-state index in [0.717, 1.165) is 37.4 Å². The van der Waals surface area contributed by atoms with Gasteiger partial charge in [-0.15, -0.1) is 0 Å². The zero-order valence-electron chi connectivity index (χ0n) is 14.0. The molecule has 3 rings (SSSR count). The number of carboxylic acids is 1. The number of benzene rings is 1. The lowest BCUT2D eigenvalue weighted by atomic mass is 10.1. The summed E-state index contributed by atoms with van der Waals surface area (Å²) >= 11 is 0. The van der Waals surface area contributed by atoms with E-state index in [9.17, 15) is 9.18 Å². The van der Waals surface area contributed by atoms with Gasteiger partial charge in [0, 0.05) is 56.9 Å². The molecule has 2 heterocycles. The van der Waals surface area contributed by atoms with Crippen LogP contribution in [0.25, 0.3) is 0 Å². The molecule has 7 heteroatoms. The van der Waals surface area contributed by atoms with Gasteiger partial charge in [0.15, 0.2) is 11.6 Å². The summed E-state index contributed by atoms with van der Waals surface area (Å²) in [5.41, 5.74) is 2.03. The second-order valence-electron chi connectivity index (χ2n) is 5.97. The summed E-state index contributed by atoms with van der Waals surface area (Å²) in [6, 6.07) is 6.55. The fourth-order valence-corrected chi connectivity index (χ4v) is 2.96. The minimum atomic E-state index is -0.968. The average Bonchev–Trinajstić information content (AvgIpc) is 2.63. The van der Waals surface area contributed by atoms with Gasteiger partial charge < -0.3 is 14.7 Å². The van der Waals surface area contributed by atoms with Gasteiger partial charge in [-0.1, -0.05) is 0 Å². The first kappa shape index (κ1) is 17.2. The van der Waals surface area contributed by atoms with Crippen molar-refractivity contribution in [2.45, 2.75) is 6.54 Å². The third-order valence-corrected chi connectivity index (χ3v) is 4.32. The van der Waals surface area contributed by atoms with Crippen molar-refractivity contribution < 1.29 is 19.0 Å². The molecule has 0 unspecified atom stereocenters. The first-order valence-electron chi connectivity index (χ1n) is 8.05. The zero-order valence-corrected chi connectivity index (χ0v) is 14.0. The number of ether oxygens (including phenoxy) is 1. The Kier molecular flexibility index (Phi) is 5.14. The van der Waals surface area contributed by atoms with Gasteiger partial charge in [-0.2, -0.15) is 0 Å². The van der Waals surface area contributed by atoms with Crippen molar-refractivity contribution in [1.29, 1.82) is 0 Å². The number of rotatable bonds is 5. The number of carbonyl (C=O) groups is 1. The van der Waals surface area contributed by atoms with Gasteiger partial charge in [0.05, 0.1) is 12.7 Å². The zero-order chi connectivity index (χ0) is 17.8. The van der Waals surface area contributed by atoms with Gasteiger partial charge in [-0.05, 0) is 23.8 Å². The van der Waals surface area contributed by atoms with Crippen LogP contribution in [0.15, 0.2) is 36.7 Å². The molecule has 25 heavy (non-hydrogen) atoms. The average molecular weight is 345 g/mol. The lowest BCUT2D eigenvalue weighted by Crippen LogP contribution is -2.46. The summed E-state index contributed by atoms with van der Waals surface area (Å²) in [4.78, 5) is 19.5. The highest BCUT2D eigenvalue weighted by Crippen LogP contribution is 2.25. The van der Waals surface area contributed by atoms with Crippen LogP contribution in [0.2, 0.25) is 0 Å². The normalized spacial score (nSPS) is 15.2. The highest BCUT2D eigenvalue weighted by atomic mass is 19.1. The Morgan fingerprint density at radius 3 is 2.68 bits per heavy atom. The first-order chi connectivity index (χ1) is 12.1. The van der Waals surface area contributed by atoms with Crippen molar-refractivity contribution >= 4 is 11.7 Å².